The second kappa shape index (κ2) is 9.58. The van der Waals surface area contributed by atoms with E-state index in [-0.39, 0.29) is 5.56 Å². The molecule has 0 amide bonds. The van der Waals surface area contributed by atoms with Gasteiger partial charge in [0.15, 0.2) is 0 Å². The van der Waals surface area contributed by atoms with Crippen molar-refractivity contribution < 1.29 is 0 Å². The molecule has 8 nitrogen and oxygen atoms in total. The number of tetrazole rings is 1. The van der Waals surface area contributed by atoms with Gasteiger partial charge in [-0.3, -0.25) is 4.79 Å². The minimum Gasteiger partial charge on any atom is -0.309 e. The average Bonchev–Trinajstić information content (AvgIpc) is 3.39. The highest BCUT2D eigenvalue weighted by Crippen LogP contribution is 2.30. The topological polar surface area (TPSA) is 102 Å². The highest BCUT2D eigenvalue weighted by molar-refractivity contribution is 5.80. The van der Waals surface area contributed by atoms with Gasteiger partial charge < -0.3 is 4.57 Å². The van der Waals surface area contributed by atoms with Crippen LogP contribution >= 0.6 is 0 Å². The first-order valence-corrected chi connectivity index (χ1v) is 11.8. The fourth-order valence-electron chi connectivity index (χ4n) is 4.50. The highest BCUT2D eigenvalue weighted by Gasteiger charge is 2.16. The first-order valence-electron chi connectivity index (χ1n) is 11.8. The second-order valence-corrected chi connectivity index (χ2v) is 8.78. The first-order chi connectivity index (χ1) is 17.0. The van der Waals surface area contributed by atoms with E-state index in [1.54, 1.807) is 0 Å². The quantitative estimate of drug-likeness (QED) is 0.375. The number of fused-ring (bicyclic) bond motifs is 1. The minimum atomic E-state index is -0.194. The van der Waals surface area contributed by atoms with Gasteiger partial charge in [0.2, 0.25) is 5.82 Å². The van der Waals surface area contributed by atoms with Gasteiger partial charge in [0.05, 0.1) is 11.9 Å². The summed E-state index contributed by atoms with van der Waals surface area (Å²) in [6, 6.07) is 18.4. The van der Waals surface area contributed by atoms with E-state index in [1.165, 1.54) is 0 Å². The van der Waals surface area contributed by atoms with Crippen LogP contribution in [0.1, 0.15) is 42.4 Å². The second-order valence-electron chi connectivity index (χ2n) is 8.78. The van der Waals surface area contributed by atoms with Crippen LogP contribution < -0.4 is 5.56 Å². The van der Waals surface area contributed by atoms with Gasteiger partial charge in [-0.25, -0.2) is 4.98 Å². The van der Waals surface area contributed by atoms with Gasteiger partial charge in [0.1, 0.15) is 11.5 Å². The van der Waals surface area contributed by atoms with Crippen molar-refractivity contribution in [2.24, 2.45) is 0 Å². The molecule has 5 rings (SSSR count). The van der Waals surface area contributed by atoms with Crippen LogP contribution in [0, 0.1) is 13.8 Å². The molecule has 0 unspecified atom stereocenters. The lowest BCUT2D eigenvalue weighted by molar-refractivity contribution is 0.664. The van der Waals surface area contributed by atoms with Crippen molar-refractivity contribution in [1.29, 1.82) is 0 Å². The van der Waals surface area contributed by atoms with Crippen molar-refractivity contribution in [1.82, 2.24) is 35.2 Å². The summed E-state index contributed by atoms with van der Waals surface area (Å²) in [5.41, 5.74) is 6.44. The number of pyridine rings is 1. The number of aromatic nitrogens is 7. The summed E-state index contributed by atoms with van der Waals surface area (Å²) in [6.45, 7) is 6.64. The fraction of sp³-hybridized carbons (Fsp3) is 0.259. The molecule has 0 spiro atoms. The van der Waals surface area contributed by atoms with E-state index in [2.05, 4.69) is 67.4 Å². The average molecular weight is 466 g/mol. The SMILES string of the molecule is CCCCc1nc(=O)c2c(C)cc(C)nc2n1Cc1ccc(-c2ccccc2-c2nn[nH]n2)cc1. The minimum absolute atomic E-state index is 0.194. The number of nitrogens with one attached hydrogen (secondary N) is 1. The molecule has 35 heavy (non-hydrogen) atoms. The van der Waals surface area contributed by atoms with Crippen LogP contribution in [0.5, 0.6) is 0 Å². The van der Waals surface area contributed by atoms with Crippen molar-refractivity contribution in [2.75, 3.05) is 0 Å². The van der Waals surface area contributed by atoms with Gasteiger partial charge in [-0.15, -0.1) is 10.2 Å². The number of aryl methyl sites for hydroxylation is 3. The van der Waals surface area contributed by atoms with Crippen molar-refractivity contribution in [3.05, 3.63) is 87.6 Å². The van der Waals surface area contributed by atoms with Gasteiger partial charge in [-0.2, -0.15) is 10.2 Å². The Morgan fingerprint density at radius 3 is 2.46 bits per heavy atom. The van der Waals surface area contributed by atoms with Crippen molar-refractivity contribution in [2.45, 2.75) is 46.6 Å². The third-order valence-electron chi connectivity index (χ3n) is 6.21. The van der Waals surface area contributed by atoms with Crippen LogP contribution in [-0.4, -0.2) is 35.2 Å². The lowest BCUT2D eigenvalue weighted by Crippen LogP contribution is -2.21. The molecule has 0 aliphatic carbocycles. The summed E-state index contributed by atoms with van der Waals surface area (Å²) in [4.78, 5) is 22.1. The summed E-state index contributed by atoms with van der Waals surface area (Å²) in [7, 11) is 0. The Hall–Kier alpha value is -4.20. The van der Waals surface area contributed by atoms with Crippen LogP contribution in [0.25, 0.3) is 33.5 Å². The number of nitrogens with zero attached hydrogens (tertiary/aromatic N) is 6. The smallest absolute Gasteiger partial charge is 0.282 e. The van der Waals surface area contributed by atoms with E-state index in [0.29, 0.717) is 23.4 Å². The van der Waals surface area contributed by atoms with Crippen LogP contribution in [0.2, 0.25) is 0 Å². The Bertz CT molecular complexity index is 1540. The highest BCUT2D eigenvalue weighted by atomic mass is 16.1. The Kier molecular flexibility index (Phi) is 6.18. The number of H-pyrrole nitrogens is 1. The molecule has 2 aromatic carbocycles. The largest absolute Gasteiger partial charge is 0.309 e. The normalized spacial score (nSPS) is 11.3. The molecule has 0 saturated heterocycles. The molecule has 8 heteroatoms. The van der Waals surface area contributed by atoms with Gasteiger partial charge in [-0.1, -0.05) is 61.9 Å². The third kappa shape index (κ3) is 4.47. The maximum absolute atomic E-state index is 12.8. The van der Waals surface area contributed by atoms with Crippen LogP contribution in [0.15, 0.2) is 59.4 Å². The van der Waals surface area contributed by atoms with Crippen molar-refractivity contribution in [3.8, 4) is 22.5 Å². The number of hydrogen-bond acceptors (Lipinski definition) is 6. The van der Waals surface area contributed by atoms with Gasteiger partial charge in [-0.05, 0) is 53.8 Å². The molecular formula is C27H27N7O. The van der Waals surface area contributed by atoms with E-state index in [9.17, 15) is 4.79 Å². The molecule has 5 aromatic rings. The Balaban J connectivity index is 1.55. The molecule has 0 saturated carbocycles. The molecule has 176 valence electrons. The van der Waals surface area contributed by atoms with Crippen molar-refractivity contribution in [3.63, 3.8) is 0 Å². The van der Waals surface area contributed by atoms with E-state index in [1.807, 2.05) is 38.1 Å². The lowest BCUT2D eigenvalue weighted by atomic mass is 9.98. The molecule has 0 fully saturated rings. The predicted molar refractivity (Wildman–Crippen MR) is 136 cm³/mol. The van der Waals surface area contributed by atoms with E-state index in [4.69, 9.17) is 4.98 Å². The summed E-state index contributed by atoms with van der Waals surface area (Å²) in [5.74, 6) is 1.35. The molecule has 0 bridgehead atoms. The first kappa shape index (κ1) is 22.6. The molecule has 0 aliphatic heterocycles. The van der Waals surface area contributed by atoms with E-state index >= 15 is 0 Å². The van der Waals surface area contributed by atoms with Crippen LogP contribution in [0.4, 0.5) is 0 Å². The Labute approximate surface area is 203 Å². The number of unbranched alkanes of at least 4 members (excludes halogenated alkanes) is 1. The number of aromatic amines is 1. The zero-order chi connectivity index (χ0) is 24.4. The molecule has 3 aromatic heterocycles. The molecule has 0 aliphatic rings. The Morgan fingerprint density at radius 1 is 0.971 bits per heavy atom. The maximum atomic E-state index is 12.8. The van der Waals surface area contributed by atoms with Gasteiger partial charge in [0, 0.05) is 17.7 Å². The lowest BCUT2D eigenvalue weighted by Gasteiger charge is -2.17. The van der Waals surface area contributed by atoms with E-state index < -0.39 is 0 Å². The molecule has 1 N–H and O–H groups in total. The number of hydrogen-bond donors (Lipinski definition) is 1. The Morgan fingerprint density at radius 2 is 1.74 bits per heavy atom. The summed E-state index contributed by atoms with van der Waals surface area (Å²) in [6.07, 6.45) is 2.74. The summed E-state index contributed by atoms with van der Waals surface area (Å²) in [5, 5.41) is 15.1. The molecular weight excluding hydrogens is 438 g/mol. The number of benzene rings is 2. The number of rotatable bonds is 7. The predicted octanol–water partition coefficient (Wildman–Crippen LogP) is 4.65. The zero-order valence-electron chi connectivity index (χ0n) is 20.1. The zero-order valence-corrected chi connectivity index (χ0v) is 20.1. The van der Waals surface area contributed by atoms with Crippen LogP contribution in [-0.2, 0) is 13.0 Å². The van der Waals surface area contributed by atoms with Crippen molar-refractivity contribution >= 4 is 11.0 Å². The molecule has 0 radical (unpaired) electrons. The summed E-state index contributed by atoms with van der Waals surface area (Å²) >= 11 is 0. The molecule has 3 heterocycles. The fourth-order valence-corrected chi connectivity index (χ4v) is 4.50. The summed E-state index contributed by atoms with van der Waals surface area (Å²) < 4.78 is 2.11. The van der Waals surface area contributed by atoms with Gasteiger partial charge >= 0.3 is 0 Å². The monoisotopic (exact) mass is 465 g/mol. The molecule has 0 atom stereocenters. The van der Waals surface area contributed by atoms with E-state index in [0.717, 1.165) is 58.6 Å². The standard InChI is InChI=1S/C27H27N7O/c1-4-5-10-23-29-27(35)24-17(2)15-18(3)28-26(24)34(23)16-19-11-13-20(14-12-19)21-8-6-7-9-22(21)25-30-32-33-31-25/h6-9,11-15H,4-5,10,16H2,1-3H3,(H,30,31,32,33). The third-order valence-corrected chi connectivity index (χ3v) is 6.21. The van der Waals surface area contributed by atoms with Gasteiger partial charge in [0.25, 0.3) is 5.56 Å². The maximum Gasteiger partial charge on any atom is 0.282 e. The van der Waals surface area contributed by atoms with Crippen LogP contribution in [0.3, 0.4) is 0 Å².